The fourth-order valence-electron chi connectivity index (χ4n) is 3.84. The highest BCUT2D eigenvalue weighted by Gasteiger charge is 2.41. The third kappa shape index (κ3) is 4.04. The van der Waals surface area contributed by atoms with E-state index in [0.29, 0.717) is 0 Å². The van der Waals surface area contributed by atoms with Crippen molar-refractivity contribution in [3.8, 4) is 11.1 Å². The summed E-state index contributed by atoms with van der Waals surface area (Å²) >= 11 is 3.48. The van der Waals surface area contributed by atoms with Gasteiger partial charge in [0.25, 0.3) is 0 Å². The molecule has 3 unspecified atom stereocenters. The van der Waals surface area contributed by atoms with Crippen LogP contribution in [0.1, 0.15) is 44.6 Å². The summed E-state index contributed by atoms with van der Waals surface area (Å²) in [6.07, 6.45) is 2.50. The zero-order valence-corrected chi connectivity index (χ0v) is 17.1. The number of nitrogens with zero attached hydrogens (tertiary/aromatic N) is 1. The Morgan fingerprint density at radius 2 is 1.62 bits per heavy atom. The Labute approximate surface area is 164 Å². The van der Waals surface area contributed by atoms with Crippen molar-refractivity contribution < 1.29 is 10.2 Å². The lowest BCUT2D eigenvalue weighted by Crippen LogP contribution is -2.55. The minimum atomic E-state index is -1.23. The average molecular weight is 418 g/mol. The first-order chi connectivity index (χ1) is 12.4. The van der Waals surface area contributed by atoms with E-state index >= 15 is 0 Å². The molecule has 1 fully saturated rings. The second kappa shape index (κ2) is 8.22. The molecule has 2 aromatic rings. The lowest BCUT2D eigenvalue weighted by molar-refractivity contribution is -0.154. The van der Waals surface area contributed by atoms with Gasteiger partial charge in [0.05, 0.1) is 0 Å². The van der Waals surface area contributed by atoms with Crippen LogP contribution < -0.4 is 0 Å². The van der Waals surface area contributed by atoms with Crippen molar-refractivity contribution in [2.24, 2.45) is 0 Å². The van der Waals surface area contributed by atoms with Crippen LogP contribution in [0.3, 0.4) is 0 Å². The molecule has 2 N–H and O–H groups in total. The SMILES string of the molecule is CC(c1ccccc1-c1ccc(Br)cc1)C(C)(O)C(O)N1CCCCC1. The Hall–Kier alpha value is -1.20. The molecule has 3 nitrogen and oxygen atoms in total. The number of aliphatic hydroxyl groups excluding tert-OH is 1. The molecular weight excluding hydrogens is 390 g/mol. The van der Waals surface area contributed by atoms with E-state index < -0.39 is 11.8 Å². The van der Waals surface area contributed by atoms with Crippen LogP contribution in [0.5, 0.6) is 0 Å². The second-order valence-electron chi connectivity index (χ2n) is 7.51. The van der Waals surface area contributed by atoms with Crippen LogP contribution in [0.4, 0.5) is 0 Å². The van der Waals surface area contributed by atoms with Crippen LogP contribution in [0, 0.1) is 0 Å². The van der Waals surface area contributed by atoms with Crippen LogP contribution in [0.2, 0.25) is 0 Å². The highest BCUT2D eigenvalue weighted by Crippen LogP contribution is 2.38. The summed E-state index contributed by atoms with van der Waals surface area (Å²) in [6, 6.07) is 16.4. The summed E-state index contributed by atoms with van der Waals surface area (Å²) in [4.78, 5) is 2.02. The highest BCUT2D eigenvalue weighted by atomic mass is 79.9. The van der Waals surface area contributed by atoms with Crippen molar-refractivity contribution >= 4 is 15.9 Å². The number of piperidine rings is 1. The van der Waals surface area contributed by atoms with Gasteiger partial charge in [0, 0.05) is 23.5 Å². The van der Waals surface area contributed by atoms with Crippen LogP contribution in [0.25, 0.3) is 11.1 Å². The Morgan fingerprint density at radius 1 is 1.00 bits per heavy atom. The zero-order valence-electron chi connectivity index (χ0n) is 15.5. The zero-order chi connectivity index (χ0) is 18.7. The van der Waals surface area contributed by atoms with Gasteiger partial charge in [-0.05, 0) is 48.6 Å². The molecule has 0 spiro atoms. The maximum atomic E-state index is 11.3. The maximum absolute atomic E-state index is 11.3. The van der Waals surface area contributed by atoms with E-state index in [1.807, 2.05) is 36.1 Å². The molecule has 0 amide bonds. The predicted octanol–water partition coefficient (Wildman–Crippen LogP) is 4.77. The van der Waals surface area contributed by atoms with E-state index in [1.165, 1.54) is 6.42 Å². The van der Waals surface area contributed by atoms with Gasteiger partial charge in [-0.3, -0.25) is 4.90 Å². The lowest BCUT2D eigenvalue weighted by atomic mass is 9.79. The summed E-state index contributed by atoms with van der Waals surface area (Å²) in [5, 5.41) is 22.2. The van der Waals surface area contributed by atoms with Gasteiger partial charge in [0.15, 0.2) is 0 Å². The summed E-state index contributed by atoms with van der Waals surface area (Å²) in [6.45, 7) is 5.46. The summed E-state index contributed by atoms with van der Waals surface area (Å²) in [5.74, 6) is -0.209. The first kappa shape index (κ1) is 19.6. The number of likely N-dealkylation sites (tertiary alicyclic amines) is 1. The predicted molar refractivity (Wildman–Crippen MR) is 110 cm³/mol. The minimum Gasteiger partial charge on any atom is -0.385 e. The molecule has 1 aliphatic heterocycles. The van der Waals surface area contributed by atoms with E-state index in [2.05, 4.69) is 40.2 Å². The van der Waals surface area contributed by atoms with Gasteiger partial charge < -0.3 is 10.2 Å². The molecule has 0 bridgehead atoms. The fourth-order valence-corrected chi connectivity index (χ4v) is 4.10. The first-order valence-corrected chi connectivity index (χ1v) is 10.2. The van der Waals surface area contributed by atoms with Crippen molar-refractivity contribution in [2.75, 3.05) is 13.1 Å². The molecule has 0 aliphatic carbocycles. The topological polar surface area (TPSA) is 43.7 Å². The molecule has 3 atom stereocenters. The van der Waals surface area contributed by atoms with Gasteiger partial charge in [0.1, 0.15) is 11.8 Å². The van der Waals surface area contributed by atoms with Crippen molar-refractivity contribution in [1.29, 1.82) is 0 Å². The molecule has 1 aliphatic rings. The van der Waals surface area contributed by atoms with Gasteiger partial charge in [-0.25, -0.2) is 0 Å². The molecule has 140 valence electrons. The number of hydrogen-bond acceptors (Lipinski definition) is 3. The molecule has 0 aromatic heterocycles. The highest BCUT2D eigenvalue weighted by molar-refractivity contribution is 9.10. The van der Waals surface area contributed by atoms with Crippen LogP contribution >= 0.6 is 15.9 Å². The van der Waals surface area contributed by atoms with Gasteiger partial charge in [-0.15, -0.1) is 0 Å². The molecule has 0 radical (unpaired) electrons. The van der Waals surface area contributed by atoms with Crippen molar-refractivity contribution in [1.82, 2.24) is 4.90 Å². The summed E-state index contributed by atoms with van der Waals surface area (Å²) < 4.78 is 1.04. The number of benzene rings is 2. The molecular formula is C22H28BrNO2. The lowest BCUT2D eigenvalue weighted by Gasteiger charge is -2.42. The Balaban J connectivity index is 1.91. The van der Waals surface area contributed by atoms with Crippen molar-refractivity contribution in [3.05, 3.63) is 58.6 Å². The Bertz CT molecular complexity index is 723. The second-order valence-corrected chi connectivity index (χ2v) is 8.43. The van der Waals surface area contributed by atoms with Crippen LogP contribution in [0.15, 0.2) is 53.0 Å². The largest absolute Gasteiger partial charge is 0.385 e. The van der Waals surface area contributed by atoms with Gasteiger partial charge in [-0.1, -0.05) is 65.7 Å². The minimum absolute atomic E-state index is 0.209. The number of hydrogen-bond donors (Lipinski definition) is 2. The van der Waals surface area contributed by atoms with Gasteiger partial charge >= 0.3 is 0 Å². The quantitative estimate of drug-likeness (QED) is 0.735. The van der Waals surface area contributed by atoms with E-state index in [0.717, 1.165) is 47.1 Å². The smallest absolute Gasteiger partial charge is 0.136 e. The Morgan fingerprint density at radius 3 is 2.27 bits per heavy atom. The Kier molecular flexibility index (Phi) is 6.18. The van der Waals surface area contributed by atoms with Gasteiger partial charge in [0.2, 0.25) is 0 Å². The molecule has 1 heterocycles. The summed E-state index contributed by atoms with van der Waals surface area (Å²) in [5.41, 5.74) is 2.02. The maximum Gasteiger partial charge on any atom is 0.136 e. The first-order valence-electron chi connectivity index (χ1n) is 9.40. The van der Waals surface area contributed by atoms with E-state index in [-0.39, 0.29) is 5.92 Å². The number of rotatable bonds is 5. The molecule has 4 heteroatoms. The molecule has 0 saturated carbocycles. The van der Waals surface area contributed by atoms with Crippen molar-refractivity contribution in [3.63, 3.8) is 0 Å². The normalized spacial score (nSPS) is 20.3. The third-order valence-corrected chi connectivity index (χ3v) is 6.25. The van der Waals surface area contributed by atoms with Crippen molar-refractivity contribution in [2.45, 2.75) is 50.9 Å². The number of halogens is 1. The van der Waals surface area contributed by atoms with Crippen LogP contribution in [-0.2, 0) is 0 Å². The molecule has 3 rings (SSSR count). The van der Waals surface area contributed by atoms with Gasteiger partial charge in [-0.2, -0.15) is 0 Å². The standard InChI is InChI=1S/C22H28BrNO2/c1-16(22(2,26)21(25)24-14-6-3-7-15-24)19-8-4-5-9-20(19)17-10-12-18(23)13-11-17/h4-5,8-13,16,21,25-26H,3,6-7,14-15H2,1-2H3. The summed E-state index contributed by atoms with van der Waals surface area (Å²) in [7, 11) is 0. The molecule has 1 saturated heterocycles. The number of aliphatic hydroxyl groups is 2. The fraction of sp³-hybridized carbons (Fsp3) is 0.455. The van der Waals surface area contributed by atoms with E-state index in [1.54, 1.807) is 6.92 Å². The van der Waals surface area contributed by atoms with E-state index in [4.69, 9.17) is 0 Å². The monoisotopic (exact) mass is 417 g/mol. The third-order valence-electron chi connectivity index (χ3n) is 5.72. The average Bonchev–Trinajstić information content (AvgIpc) is 2.68. The van der Waals surface area contributed by atoms with E-state index in [9.17, 15) is 10.2 Å². The molecule has 2 aromatic carbocycles. The van der Waals surface area contributed by atoms with Crippen LogP contribution in [-0.4, -0.2) is 40.0 Å². The molecule has 26 heavy (non-hydrogen) atoms.